The highest BCUT2D eigenvalue weighted by atomic mass is 79.9. The average Bonchev–Trinajstić information content (AvgIpc) is 3.87. The Morgan fingerprint density at radius 1 is 0.818 bits per heavy atom. The van der Waals surface area contributed by atoms with E-state index >= 15 is 4.39 Å². The fourth-order valence-corrected chi connectivity index (χ4v) is 8.02. The fraction of sp³-hybridized carbons (Fsp3) is 0.323. The van der Waals surface area contributed by atoms with Crippen LogP contribution in [0.15, 0.2) is 57.6 Å². The van der Waals surface area contributed by atoms with Crippen LogP contribution in [0.1, 0.15) is 48.5 Å². The number of thiophene rings is 1. The first kappa shape index (κ1) is 28.4. The van der Waals surface area contributed by atoms with Gasteiger partial charge >= 0.3 is 0 Å². The lowest BCUT2D eigenvalue weighted by atomic mass is 10.0. The van der Waals surface area contributed by atoms with Crippen molar-refractivity contribution in [3.05, 3.63) is 74.0 Å². The Balaban J connectivity index is 1.03. The first-order valence-corrected chi connectivity index (χ1v) is 16.9. The molecule has 2 aliphatic carbocycles. The third-order valence-electron chi connectivity index (χ3n) is 8.45. The maximum atomic E-state index is 15.4. The normalized spacial score (nSPS) is 16.7. The van der Waals surface area contributed by atoms with Crippen LogP contribution in [-0.2, 0) is 13.1 Å². The summed E-state index contributed by atoms with van der Waals surface area (Å²) in [5, 5.41) is 39.4. The molecule has 4 aromatic heterocycles. The van der Waals surface area contributed by atoms with E-state index in [2.05, 4.69) is 57.5 Å². The number of hydrogen-bond donors (Lipinski definition) is 2. The predicted octanol–water partition coefficient (Wildman–Crippen LogP) is 7.22. The molecule has 0 saturated heterocycles. The number of rotatable bonds is 9. The SMILES string of the molecule is OC(c1ccc(-c2ccc3c(nnn3CC3CC3)c2Br)s1)C(O)c1ncc(-c2ccc3c(nnn3CC3CC3)c2Br)cc1F. The molecular formula is C31H26Br2FN7O2S. The minimum atomic E-state index is -1.56. The van der Waals surface area contributed by atoms with Crippen LogP contribution in [0.2, 0.25) is 0 Å². The minimum absolute atomic E-state index is 0.223. The second-order valence-electron chi connectivity index (χ2n) is 11.7. The van der Waals surface area contributed by atoms with Gasteiger partial charge in [-0.1, -0.05) is 22.6 Å². The van der Waals surface area contributed by atoms with Gasteiger partial charge in [0.15, 0.2) is 0 Å². The molecule has 9 nitrogen and oxygen atoms in total. The van der Waals surface area contributed by atoms with Crippen molar-refractivity contribution in [1.29, 1.82) is 0 Å². The molecule has 2 unspecified atom stereocenters. The topological polar surface area (TPSA) is 115 Å². The highest BCUT2D eigenvalue weighted by Crippen LogP contribution is 2.42. The number of nitrogens with zero attached hydrogens (tertiary/aromatic N) is 7. The van der Waals surface area contributed by atoms with Crippen LogP contribution in [0.3, 0.4) is 0 Å². The third kappa shape index (κ3) is 5.08. The summed E-state index contributed by atoms with van der Waals surface area (Å²) >= 11 is 8.65. The Bertz CT molecular complexity index is 2050. The van der Waals surface area contributed by atoms with Crippen LogP contribution >= 0.6 is 43.2 Å². The van der Waals surface area contributed by atoms with Crippen molar-refractivity contribution in [3.8, 4) is 21.6 Å². The average molecular weight is 739 g/mol. The van der Waals surface area contributed by atoms with E-state index in [-0.39, 0.29) is 5.69 Å². The molecule has 6 aromatic rings. The van der Waals surface area contributed by atoms with Crippen molar-refractivity contribution in [1.82, 2.24) is 35.0 Å². The summed E-state index contributed by atoms with van der Waals surface area (Å²) in [4.78, 5) is 5.61. The van der Waals surface area contributed by atoms with E-state index in [1.165, 1.54) is 49.3 Å². The summed E-state index contributed by atoms with van der Waals surface area (Å²) in [6.45, 7) is 1.71. The molecule has 0 spiro atoms. The van der Waals surface area contributed by atoms with Crippen LogP contribution in [0, 0.1) is 17.7 Å². The lowest BCUT2D eigenvalue weighted by molar-refractivity contribution is 0.0145. The van der Waals surface area contributed by atoms with Gasteiger partial charge in [0.05, 0.1) is 20.0 Å². The zero-order valence-corrected chi connectivity index (χ0v) is 27.2. The van der Waals surface area contributed by atoms with Crippen molar-refractivity contribution < 1.29 is 14.6 Å². The van der Waals surface area contributed by atoms with Gasteiger partial charge in [-0.2, -0.15) is 0 Å². The van der Waals surface area contributed by atoms with Crippen LogP contribution in [0.5, 0.6) is 0 Å². The zero-order chi connectivity index (χ0) is 30.1. The van der Waals surface area contributed by atoms with E-state index < -0.39 is 18.0 Å². The van der Waals surface area contributed by atoms with E-state index in [4.69, 9.17) is 0 Å². The second-order valence-corrected chi connectivity index (χ2v) is 14.4. The first-order chi connectivity index (χ1) is 21.4. The summed E-state index contributed by atoms with van der Waals surface area (Å²) in [5.41, 5.74) is 5.27. The maximum Gasteiger partial charge on any atom is 0.148 e. The lowest BCUT2D eigenvalue weighted by Gasteiger charge is -2.17. The highest BCUT2D eigenvalue weighted by Gasteiger charge is 2.28. The van der Waals surface area contributed by atoms with Gasteiger partial charge in [0, 0.05) is 40.2 Å². The Kier molecular flexibility index (Phi) is 7.13. The smallest absolute Gasteiger partial charge is 0.148 e. The van der Waals surface area contributed by atoms with E-state index in [0.29, 0.717) is 37.8 Å². The number of aliphatic hydroxyl groups excluding tert-OH is 2. The van der Waals surface area contributed by atoms with Gasteiger partial charge in [0.1, 0.15) is 34.8 Å². The van der Waals surface area contributed by atoms with Crippen molar-refractivity contribution in [2.24, 2.45) is 11.8 Å². The molecule has 0 radical (unpaired) electrons. The molecule has 13 heteroatoms. The number of benzene rings is 2. The molecule has 2 aliphatic rings. The van der Waals surface area contributed by atoms with E-state index in [1.54, 1.807) is 6.07 Å². The van der Waals surface area contributed by atoms with Crippen molar-refractivity contribution in [3.63, 3.8) is 0 Å². The number of aliphatic hydroxyl groups is 2. The zero-order valence-electron chi connectivity index (χ0n) is 23.2. The number of hydrogen-bond acceptors (Lipinski definition) is 8. The van der Waals surface area contributed by atoms with Gasteiger partial charge in [0.25, 0.3) is 0 Å². The molecule has 0 amide bonds. The minimum Gasteiger partial charge on any atom is -0.384 e. The molecule has 2 atom stereocenters. The quantitative estimate of drug-likeness (QED) is 0.161. The molecule has 0 bridgehead atoms. The van der Waals surface area contributed by atoms with Crippen LogP contribution in [0.25, 0.3) is 43.6 Å². The van der Waals surface area contributed by atoms with Crippen LogP contribution in [0.4, 0.5) is 4.39 Å². The maximum absolute atomic E-state index is 15.4. The highest BCUT2D eigenvalue weighted by molar-refractivity contribution is 9.11. The molecular weight excluding hydrogens is 713 g/mol. The second kappa shape index (κ2) is 11.1. The largest absolute Gasteiger partial charge is 0.384 e. The third-order valence-corrected chi connectivity index (χ3v) is 11.2. The molecule has 8 rings (SSSR count). The number of pyridine rings is 1. The standard InChI is InChI=1S/C31H26Br2FN7O2S/c32-25-18(5-7-21-28(25)36-38-40(21)13-15-1-2-15)17-11-20(34)27(35-12-17)31(43)30(42)24-10-9-23(44-24)19-6-8-22-29(26(19)33)37-39-41(22)14-16-3-4-16/h5-12,15-16,30-31,42-43H,1-4,13-14H2. The van der Waals surface area contributed by atoms with Crippen LogP contribution in [-0.4, -0.2) is 45.2 Å². The first-order valence-electron chi connectivity index (χ1n) is 14.5. The van der Waals surface area contributed by atoms with Crippen molar-refractivity contribution in [2.75, 3.05) is 0 Å². The fourth-order valence-electron chi connectivity index (χ4n) is 5.56. The monoisotopic (exact) mass is 737 g/mol. The summed E-state index contributed by atoms with van der Waals surface area (Å²) in [6.07, 6.45) is 3.46. The predicted molar refractivity (Wildman–Crippen MR) is 172 cm³/mol. The number of aromatic nitrogens is 7. The van der Waals surface area contributed by atoms with E-state index in [1.807, 2.05) is 39.7 Å². The molecule has 2 aromatic carbocycles. The van der Waals surface area contributed by atoms with E-state index in [9.17, 15) is 10.2 Å². The molecule has 2 saturated carbocycles. The van der Waals surface area contributed by atoms with E-state index in [0.717, 1.165) is 44.6 Å². The molecule has 44 heavy (non-hydrogen) atoms. The molecule has 2 fully saturated rings. The van der Waals surface area contributed by atoms with Crippen LogP contribution < -0.4 is 0 Å². The van der Waals surface area contributed by atoms with Gasteiger partial charge < -0.3 is 10.2 Å². The van der Waals surface area contributed by atoms with Gasteiger partial charge in [-0.25, -0.2) is 13.8 Å². The summed E-state index contributed by atoms with van der Waals surface area (Å²) in [7, 11) is 0. The summed E-state index contributed by atoms with van der Waals surface area (Å²) < 4.78 is 20.8. The Morgan fingerprint density at radius 2 is 1.41 bits per heavy atom. The Hall–Kier alpha value is -3.10. The van der Waals surface area contributed by atoms with Crippen molar-refractivity contribution >= 4 is 65.3 Å². The molecule has 224 valence electrons. The molecule has 0 aliphatic heterocycles. The molecule has 2 N–H and O–H groups in total. The summed E-state index contributed by atoms with van der Waals surface area (Å²) in [6, 6.07) is 12.8. The van der Waals surface area contributed by atoms with Gasteiger partial charge in [-0.15, -0.1) is 21.5 Å². The summed E-state index contributed by atoms with van der Waals surface area (Å²) in [5.74, 6) is 0.623. The number of halogens is 3. The van der Waals surface area contributed by atoms with Gasteiger partial charge in [-0.3, -0.25) is 4.98 Å². The number of fused-ring (bicyclic) bond motifs is 2. The Labute approximate surface area is 272 Å². The molecule has 4 heterocycles. The lowest BCUT2D eigenvalue weighted by Crippen LogP contribution is -2.12. The Morgan fingerprint density at radius 3 is 2.00 bits per heavy atom. The van der Waals surface area contributed by atoms with Crippen molar-refractivity contribution in [2.45, 2.75) is 51.0 Å². The van der Waals surface area contributed by atoms with Gasteiger partial charge in [-0.05, 0) is 105 Å². The van der Waals surface area contributed by atoms with Gasteiger partial charge in [0.2, 0.25) is 0 Å².